The fourth-order valence-electron chi connectivity index (χ4n) is 1.96. The van der Waals surface area contributed by atoms with Crippen molar-refractivity contribution in [3.8, 4) is 0 Å². The Morgan fingerprint density at radius 1 is 1.42 bits per heavy atom. The molecule has 1 heterocycles. The van der Waals surface area contributed by atoms with Crippen LogP contribution in [-0.2, 0) is 16.8 Å². The first kappa shape index (κ1) is 16.8. The Morgan fingerprint density at radius 2 is 2.05 bits per heavy atom. The molecular weight excluding hydrogens is 324 g/mol. The molecule has 0 bridgehead atoms. The lowest BCUT2D eigenvalue weighted by Crippen LogP contribution is -2.28. The Morgan fingerprint density at radius 3 is 2.53 bits per heavy atom. The van der Waals surface area contributed by atoms with Gasteiger partial charge in [-0.25, -0.2) is 4.98 Å². The van der Waals surface area contributed by atoms with Crippen molar-refractivity contribution in [1.82, 2.24) is 9.97 Å². The van der Waals surface area contributed by atoms with E-state index in [1.54, 1.807) is 0 Å². The molecule has 1 N–H and O–H groups in total. The smallest absolute Gasteiger partial charge is 0.144 e. The van der Waals surface area contributed by atoms with Crippen molar-refractivity contribution >= 4 is 28.1 Å². The molecule has 5 heteroatoms. The van der Waals surface area contributed by atoms with Gasteiger partial charge in [-0.15, -0.1) is 0 Å². The zero-order chi connectivity index (χ0) is 14.6. The molecular formula is C14H23BrN2OS. The van der Waals surface area contributed by atoms with Crippen molar-refractivity contribution in [2.24, 2.45) is 5.92 Å². The highest BCUT2D eigenvalue weighted by Crippen LogP contribution is 2.28. The van der Waals surface area contributed by atoms with Crippen LogP contribution in [0.25, 0.3) is 0 Å². The van der Waals surface area contributed by atoms with Gasteiger partial charge in [0.15, 0.2) is 0 Å². The van der Waals surface area contributed by atoms with E-state index >= 15 is 0 Å². The summed E-state index contributed by atoms with van der Waals surface area (Å²) in [6.45, 7) is 11.2. The summed E-state index contributed by atoms with van der Waals surface area (Å²) in [7, 11) is 0. The number of hydrogen-bond donors (Lipinski definition) is 1. The number of halogens is 1. The number of aromatic amines is 1. The Bertz CT molecular complexity index is 487. The van der Waals surface area contributed by atoms with Crippen molar-refractivity contribution < 1.29 is 4.74 Å². The number of aromatic nitrogens is 2. The monoisotopic (exact) mass is 346 g/mol. The summed E-state index contributed by atoms with van der Waals surface area (Å²) in [4.78, 5) is 7.90. The van der Waals surface area contributed by atoms with Crippen molar-refractivity contribution in [2.75, 3.05) is 6.61 Å². The van der Waals surface area contributed by atoms with Crippen LogP contribution in [0.5, 0.6) is 0 Å². The Balaban J connectivity index is 3.29. The van der Waals surface area contributed by atoms with Gasteiger partial charge >= 0.3 is 0 Å². The molecule has 0 fully saturated rings. The standard InChI is InChI=1S/C14H23BrN2OS/c1-6-14(5,18-7-2)13-16-10(8-9(3)4)11(15)12(19)17-13/h9H,6-8H2,1-5H3,(H,16,17,19). The molecule has 0 saturated heterocycles. The van der Waals surface area contributed by atoms with Crippen molar-refractivity contribution in [3.05, 3.63) is 20.6 Å². The molecule has 19 heavy (non-hydrogen) atoms. The van der Waals surface area contributed by atoms with Gasteiger partial charge in [-0.1, -0.05) is 33.0 Å². The summed E-state index contributed by atoms with van der Waals surface area (Å²) >= 11 is 8.88. The van der Waals surface area contributed by atoms with E-state index in [0.717, 1.165) is 28.8 Å². The molecule has 1 atom stereocenters. The minimum atomic E-state index is -0.408. The maximum absolute atomic E-state index is 5.86. The molecule has 0 aliphatic heterocycles. The normalized spacial score (nSPS) is 14.7. The van der Waals surface area contributed by atoms with E-state index in [-0.39, 0.29) is 0 Å². The first-order chi connectivity index (χ1) is 8.84. The quantitative estimate of drug-likeness (QED) is 0.754. The summed E-state index contributed by atoms with van der Waals surface area (Å²) < 4.78 is 7.36. The third-order valence-corrected chi connectivity index (χ3v) is 4.60. The fourth-order valence-corrected chi connectivity index (χ4v) is 2.53. The van der Waals surface area contributed by atoms with E-state index in [1.165, 1.54) is 0 Å². The lowest BCUT2D eigenvalue weighted by atomic mass is 10.0. The Hall–Kier alpha value is -0.260. The van der Waals surface area contributed by atoms with Gasteiger partial charge in [0.25, 0.3) is 0 Å². The summed E-state index contributed by atoms with van der Waals surface area (Å²) in [5.41, 5.74) is 0.693. The maximum atomic E-state index is 5.86. The Kier molecular flexibility index (Phi) is 6.15. The summed E-state index contributed by atoms with van der Waals surface area (Å²) in [6, 6.07) is 0. The zero-order valence-corrected chi connectivity index (χ0v) is 14.7. The molecule has 1 unspecified atom stereocenters. The molecule has 0 aliphatic rings. The molecule has 1 aromatic heterocycles. The molecule has 108 valence electrons. The topological polar surface area (TPSA) is 37.9 Å². The average molecular weight is 347 g/mol. The second kappa shape index (κ2) is 6.95. The van der Waals surface area contributed by atoms with Crippen molar-refractivity contribution in [3.63, 3.8) is 0 Å². The van der Waals surface area contributed by atoms with Gasteiger partial charge in [0, 0.05) is 12.3 Å². The van der Waals surface area contributed by atoms with E-state index < -0.39 is 5.60 Å². The molecule has 0 aliphatic carbocycles. The molecule has 1 aromatic rings. The predicted octanol–water partition coefficient (Wildman–Crippen LogP) is 4.76. The van der Waals surface area contributed by atoms with Gasteiger partial charge in [-0.2, -0.15) is 0 Å². The maximum Gasteiger partial charge on any atom is 0.144 e. The van der Waals surface area contributed by atoms with E-state index in [0.29, 0.717) is 17.2 Å². The predicted molar refractivity (Wildman–Crippen MR) is 84.9 cm³/mol. The lowest BCUT2D eigenvalue weighted by Gasteiger charge is -2.28. The third kappa shape index (κ3) is 4.10. The summed E-state index contributed by atoms with van der Waals surface area (Å²) in [5.74, 6) is 1.37. The van der Waals surface area contributed by atoms with Gasteiger partial charge < -0.3 is 9.72 Å². The minimum Gasteiger partial charge on any atom is -0.368 e. The lowest BCUT2D eigenvalue weighted by molar-refractivity contribution is -0.0393. The molecule has 0 saturated carbocycles. The summed E-state index contributed by atoms with van der Waals surface area (Å²) in [6.07, 6.45) is 1.79. The zero-order valence-electron chi connectivity index (χ0n) is 12.3. The van der Waals surface area contributed by atoms with Crippen LogP contribution in [0.2, 0.25) is 0 Å². The van der Waals surface area contributed by atoms with Gasteiger partial charge in [0.1, 0.15) is 16.1 Å². The third-order valence-electron chi connectivity index (χ3n) is 3.19. The van der Waals surface area contributed by atoms with Crippen LogP contribution in [0.15, 0.2) is 4.47 Å². The van der Waals surface area contributed by atoms with Crippen LogP contribution in [-0.4, -0.2) is 16.6 Å². The second-order valence-corrected chi connectivity index (χ2v) is 6.48. The number of H-pyrrole nitrogens is 1. The molecule has 0 radical (unpaired) electrons. The first-order valence-corrected chi connectivity index (χ1v) is 7.97. The molecule has 0 aromatic carbocycles. The van der Waals surface area contributed by atoms with Gasteiger partial charge in [-0.3, -0.25) is 0 Å². The minimum absolute atomic E-state index is 0.408. The van der Waals surface area contributed by atoms with Gasteiger partial charge in [-0.05, 0) is 48.5 Å². The Labute approximate surface area is 129 Å². The highest BCUT2D eigenvalue weighted by atomic mass is 79.9. The average Bonchev–Trinajstić information content (AvgIpc) is 2.34. The van der Waals surface area contributed by atoms with Crippen LogP contribution in [0, 0.1) is 10.6 Å². The molecule has 3 nitrogen and oxygen atoms in total. The van der Waals surface area contributed by atoms with Gasteiger partial charge in [0.2, 0.25) is 0 Å². The SMILES string of the molecule is CCOC(C)(CC)c1nc(=S)c(Br)c(CC(C)C)[nH]1. The van der Waals surface area contributed by atoms with E-state index in [9.17, 15) is 0 Å². The van der Waals surface area contributed by atoms with E-state index in [4.69, 9.17) is 17.0 Å². The number of nitrogens with zero attached hydrogens (tertiary/aromatic N) is 1. The van der Waals surface area contributed by atoms with Gasteiger partial charge in [0.05, 0.1) is 4.47 Å². The van der Waals surface area contributed by atoms with E-state index in [2.05, 4.69) is 53.6 Å². The number of nitrogens with one attached hydrogen (secondary N) is 1. The molecule has 0 amide bonds. The van der Waals surface area contributed by atoms with Crippen LogP contribution >= 0.6 is 28.1 Å². The van der Waals surface area contributed by atoms with Crippen molar-refractivity contribution in [1.29, 1.82) is 0 Å². The van der Waals surface area contributed by atoms with Crippen LogP contribution in [0.3, 0.4) is 0 Å². The van der Waals surface area contributed by atoms with Crippen LogP contribution in [0.1, 0.15) is 52.6 Å². The fraction of sp³-hybridized carbons (Fsp3) is 0.714. The van der Waals surface area contributed by atoms with Crippen LogP contribution < -0.4 is 0 Å². The number of ether oxygens (including phenoxy) is 1. The van der Waals surface area contributed by atoms with Crippen LogP contribution in [0.4, 0.5) is 0 Å². The van der Waals surface area contributed by atoms with Crippen molar-refractivity contribution in [2.45, 2.75) is 53.1 Å². The first-order valence-electron chi connectivity index (χ1n) is 6.77. The number of hydrogen-bond acceptors (Lipinski definition) is 3. The highest BCUT2D eigenvalue weighted by molar-refractivity contribution is 9.10. The summed E-state index contributed by atoms with van der Waals surface area (Å²) in [5, 5.41) is 0. The van der Waals surface area contributed by atoms with E-state index in [1.807, 2.05) is 6.92 Å². The number of rotatable bonds is 6. The second-order valence-electron chi connectivity index (χ2n) is 5.30. The largest absolute Gasteiger partial charge is 0.368 e. The highest BCUT2D eigenvalue weighted by Gasteiger charge is 2.28. The molecule has 0 spiro atoms. The molecule has 1 rings (SSSR count).